The summed E-state index contributed by atoms with van der Waals surface area (Å²) >= 11 is 0. The summed E-state index contributed by atoms with van der Waals surface area (Å²) in [7, 11) is 0. The molecule has 0 saturated carbocycles. The van der Waals surface area contributed by atoms with Gasteiger partial charge in [0.15, 0.2) is 0 Å². The molecule has 0 unspecified atom stereocenters. The molecule has 0 radical (unpaired) electrons. The topological polar surface area (TPSA) is 20.3 Å². The van der Waals surface area contributed by atoms with Gasteiger partial charge in [-0.05, 0) is 25.3 Å². The number of hydrogen-bond donors (Lipinski definition) is 0. The van der Waals surface area contributed by atoms with Crippen LogP contribution >= 0.6 is 0 Å². The average Bonchev–Trinajstić information content (AvgIpc) is 2.69. The minimum absolute atomic E-state index is 0.243. The molecule has 1 fully saturated rings. The third-order valence-electron chi connectivity index (χ3n) is 3.41. The standard InChI is InChI=1S/C15H19NO/c1-3-14-8-9-15(17)16(14)11-10-13-6-4-12(2)5-7-13/h3-7,14H,1,8-11H2,2H3/t14-/m0/s1. The van der Waals surface area contributed by atoms with Crippen molar-refractivity contribution in [1.82, 2.24) is 4.90 Å². The van der Waals surface area contributed by atoms with Gasteiger partial charge >= 0.3 is 0 Å². The molecule has 0 bridgehead atoms. The van der Waals surface area contributed by atoms with Crippen molar-refractivity contribution in [2.75, 3.05) is 6.54 Å². The fraction of sp³-hybridized carbons (Fsp3) is 0.400. The van der Waals surface area contributed by atoms with Crippen molar-refractivity contribution in [3.05, 3.63) is 48.0 Å². The van der Waals surface area contributed by atoms with Crippen LogP contribution in [-0.4, -0.2) is 23.4 Å². The van der Waals surface area contributed by atoms with Gasteiger partial charge in [0.25, 0.3) is 0 Å². The molecule has 1 aromatic carbocycles. The zero-order chi connectivity index (χ0) is 12.3. The van der Waals surface area contributed by atoms with Crippen molar-refractivity contribution < 1.29 is 4.79 Å². The van der Waals surface area contributed by atoms with E-state index in [0.717, 1.165) is 19.4 Å². The molecule has 90 valence electrons. The summed E-state index contributed by atoms with van der Waals surface area (Å²) in [5.74, 6) is 0.266. The Morgan fingerprint density at radius 1 is 1.41 bits per heavy atom. The van der Waals surface area contributed by atoms with Crippen molar-refractivity contribution in [1.29, 1.82) is 0 Å². The second kappa shape index (κ2) is 5.17. The first-order valence-electron chi connectivity index (χ1n) is 6.18. The Bertz CT molecular complexity index is 407. The van der Waals surface area contributed by atoms with Gasteiger partial charge in [-0.3, -0.25) is 4.79 Å². The van der Waals surface area contributed by atoms with Gasteiger partial charge in [0.1, 0.15) is 0 Å². The average molecular weight is 229 g/mol. The number of carbonyl (C=O) groups is 1. The number of aryl methyl sites for hydroxylation is 1. The largest absolute Gasteiger partial charge is 0.336 e. The zero-order valence-electron chi connectivity index (χ0n) is 10.4. The number of carbonyl (C=O) groups excluding carboxylic acids is 1. The van der Waals surface area contributed by atoms with E-state index < -0.39 is 0 Å². The Hall–Kier alpha value is -1.57. The fourth-order valence-electron chi connectivity index (χ4n) is 2.30. The summed E-state index contributed by atoms with van der Waals surface area (Å²) in [5.41, 5.74) is 2.56. The molecule has 2 rings (SSSR count). The Labute approximate surface area is 103 Å². The Kier molecular flexibility index (Phi) is 3.62. The highest BCUT2D eigenvalue weighted by atomic mass is 16.2. The van der Waals surface area contributed by atoms with Gasteiger partial charge < -0.3 is 4.90 Å². The van der Waals surface area contributed by atoms with Crippen LogP contribution in [0.2, 0.25) is 0 Å². The predicted octanol–water partition coefficient (Wildman–Crippen LogP) is 2.71. The minimum atomic E-state index is 0.243. The number of rotatable bonds is 4. The smallest absolute Gasteiger partial charge is 0.223 e. The molecule has 0 aromatic heterocycles. The highest BCUT2D eigenvalue weighted by Crippen LogP contribution is 2.19. The van der Waals surface area contributed by atoms with Gasteiger partial charge in [-0.25, -0.2) is 0 Å². The lowest BCUT2D eigenvalue weighted by Crippen LogP contribution is -2.33. The van der Waals surface area contributed by atoms with E-state index in [1.165, 1.54) is 11.1 Å². The molecular weight excluding hydrogens is 210 g/mol. The number of benzene rings is 1. The molecule has 1 aliphatic heterocycles. The lowest BCUT2D eigenvalue weighted by Gasteiger charge is -2.22. The van der Waals surface area contributed by atoms with Crippen LogP contribution in [0.1, 0.15) is 24.0 Å². The molecule has 0 N–H and O–H groups in total. The van der Waals surface area contributed by atoms with Crippen LogP contribution in [0.15, 0.2) is 36.9 Å². The van der Waals surface area contributed by atoms with Crippen molar-refractivity contribution >= 4 is 5.91 Å². The van der Waals surface area contributed by atoms with E-state index in [0.29, 0.717) is 6.42 Å². The van der Waals surface area contributed by atoms with Crippen LogP contribution in [0.5, 0.6) is 0 Å². The molecule has 1 aromatic rings. The molecule has 1 saturated heterocycles. The Morgan fingerprint density at radius 2 is 2.12 bits per heavy atom. The molecule has 0 aliphatic carbocycles. The number of nitrogens with zero attached hydrogens (tertiary/aromatic N) is 1. The van der Waals surface area contributed by atoms with Crippen LogP contribution in [0.4, 0.5) is 0 Å². The summed E-state index contributed by atoms with van der Waals surface area (Å²) in [4.78, 5) is 13.6. The predicted molar refractivity (Wildman–Crippen MR) is 69.8 cm³/mol. The van der Waals surface area contributed by atoms with Crippen molar-refractivity contribution in [3.63, 3.8) is 0 Å². The number of hydrogen-bond acceptors (Lipinski definition) is 1. The van der Waals surface area contributed by atoms with Gasteiger partial charge in [0.2, 0.25) is 5.91 Å². The van der Waals surface area contributed by atoms with E-state index in [-0.39, 0.29) is 11.9 Å². The van der Waals surface area contributed by atoms with Crippen LogP contribution in [0.3, 0.4) is 0 Å². The highest BCUT2D eigenvalue weighted by molar-refractivity contribution is 5.79. The molecule has 1 atom stereocenters. The molecular formula is C15H19NO. The van der Waals surface area contributed by atoms with Gasteiger partial charge in [0, 0.05) is 13.0 Å². The lowest BCUT2D eigenvalue weighted by molar-refractivity contribution is -0.128. The molecule has 0 spiro atoms. The summed E-state index contributed by atoms with van der Waals surface area (Å²) in [6, 6.07) is 8.75. The Balaban J connectivity index is 1.95. The first-order valence-corrected chi connectivity index (χ1v) is 6.18. The molecule has 17 heavy (non-hydrogen) atoms. The van der Waals surface area contributed by atoms with Gasteiger partial charge in [0.05, 0.1) is 6.04 Å². The maximum atomic E-state index is 11.7. The summed E-state index contributed by atoms with van der Waals surface area (Å²) in [6.45, 7) is 6.69. The third-order valence-corrected chi connectivity index (χ3v) is 3.41. The molecule has 1 amide bonds. The monoisotopic (exact) mass is 229 g/mol. The quantitative estimate of drug-likeness (QED) is 0.727. The van der Waals surface area contributed by atoms with Crippen LogP contribution in [0, 0.1) is 6.92 Å². The Morgan fingerprint density at radius 3 is 2.76 bits per heavy atom. The molecule has 2 nitrogen and oxygen atoms in total. The van der Waals surface area contributed by atoms with Crippen molar-refractivity contribution in [2.45, 2.75) is 32.2 Å². The number of amides is 1. The van der Waals surface area contributed by atoms with Gasteiger partial charge in [-0.1, -0.05) is 35.9 Å². The molecule has 1 aliphatic rings. The fourth-order valence-corrected chi connectivity index (χ4v) is 2.30. The normalized spacial score (nSPS) is 19.7. The van der Waals surface area contributed by atoms with Crippen molar-refractivity contribution in [3.8, 4) is 0 Å². The first-order chi connectivity index (χ1) is 8.20. The van der Waals surface area contributed by atoms with Crippen LogP contribution in [0.25, 0.3) is 0 Å². The summed E-state index contributed by atoms with van der Waals surface area (Å²) in [6.07, 6.45) is 4.41. The van der Waals surface area contributed by atoms with E-state index >= 15 is 0 Å². The van der Waals surface area contributed by atoms with Crippen molar-refractivity contribution in [2.24, 2.45) is 0 Å². The van der Waals surface area contributed by atoms with Gasteiger partial charge in [-0.15, -0.1) is 6.58 Å². The summed E-state index contributed by atoms with van der Waals surface area (Å²) in [5, 5.41) is 0. The minimum Gasteiger partial charge on any atom is -0.336 e. The summed E-state index contributed by atoms with van der Waals surface area (Å²) < 4.78 is 0. The van der Waals surface area contributed by atoms with E-state index in [9.17, 15) is 4.79 Å². The first kappa shape index (κ1) is 11.9. The maximum absolute atomic E-state index is 11.7. The SMILES string of the molecule is C=C[C@H]1CCC(=O)N1CCc1ccc(C)cc1. The highest BCUT2D eigenvalue weighted by Gasteiger charge is 2.27. The van der Waals surface area contributed by atoms with Crippen LogP contribution < -0.4 is 0 Å². The third kappa shape index (κ3) is 2.76. The van der Waals surface area contributed by atoms with E-state index in [2.05, 4.69) is 37.8 Å². The molecule has 2 heteroatoms. The van der Waals surface area contributed by atoms with Gasteiger partial charge in [-0.2, -0.15) is 0 Å². The molecule has 1 heterocycles. The van der Waals surface area contributed by atoms with E-state index in [1.54, 1.807) is 0 Å². The second-order valence-corrected chi connectivity index (χ2v) is 4.66. The van der Waals surface area contributed by atoms with E-state index in [4.69, 9.17) is 0 Å². The van der Waals surface area contributed by atoms with Crippen LogP contribution in [-0.2, 0) is 11.2 Å². The maximum Gasteiger partial charge on any atom is 0.223 e. The van der Waals surface area contributed by atoms with E-state index in [1.807, 2.05) is 11.0 Å². The second-order valence-electron chi connectivity index (χ2n) is 4.66. The lowest BCUT2D eigenvalue weighted by atomic mass is 10.1. The zero-order valence-corrected chi connectivity index (χ0v) is 10.4. The number of likely N-dealkylation sites (tertiary alicyclic amines) is 1.